The van der Waals surface area contributed by atoms with E-state index in [9.17, 15) is 9.59 Å². The quantitative estimate of drug-likeness (QED) is 0.775. The van der Waals surface area contributed by atoms with Gasteiger partial charge in [-0.2, -0.15) is 0 Å². The van der Waals surface area contributed by atoms with Crippen LogP contribution in [0.2, 0.25) is 10.0 Å². The number of aryl methyl sites for hydroxylation is 1. The molecule has 2 aromatic carbocycles. The Balaban J connectivity index is 1.57. The molecule has 1 saturated carbocycles. The van der Waals surface area contributed by atoms with Gasteiger partial charge in [-0.05, 0) is 55.5 Å². The lowest BCUT2D eigenvalue weighted by Crippen LogP contribution is -2.45. The van der Waals surface area contributed by atoms with Crippen molar-refractivity contribution in [1.29, 1.82) is 0 Å². The van der Waals surface area contributed by atoms with Gasteiger partial charge in [-0.25, -0.2) is 0 Å². The van der Waals surface area contributed by atoms with Crippen molar-refractivity contribution in [2.24, 2.45) is 5.41 Å². The standard InChI is InChI=1S/C20H18Cl2N2O2/c21-14-10-15(22)12-16(11-14)23-18(25)20(7-8-20)19(26)24-9-3-5-13-4-1-2-6-17(13)24/h1-2,4,6,10-12H,3,5,7-9H2,(H,23,25). The number of carbonyl (C=O) groups is 2. The molecule has 26 heavy (non-hydrogen) atoms. The topological polar surface area (TPSA) is 49.4 Å². The Hall–Kier alpha value is -2.04. The lowest BCUT2D eigenvalue weighted by Gasteiger charge is -2.32. The van der Waals surface area contributed by atoms with Crippen molar-refractivity contribution in [2.75, 3.05) is 16.8 Å². The molecular weight excluding hydrogens is 371 g/mol. The van der Waals surface area contributed by atoms with E-state index in [0.717, 1.165) is 24.1 Å². The highest BCUT2D eigenvalue weighted by Gasteiger charge is 2.58. The first kappa shape index (κ1) is 17.4. The Labute approximate surface area is 162 Å². The van der Waals surface area contributed by atoms with Gasteiger partial charge in [0, 0.05) is 28.0 Å². The van der Waals surface area contributed by atoms with Crippen LogP contribution in [0.5, 0.6) is 0 Å². The third kappa shape index (κ3) is 3.08. The second kappa shape index (κ2) is 6.60. The smallest absolute Gasteiger partial charge is 0.242 e. The third-order valence-electron chi connectivity index (χ3n) is 5.07. The van der Waals surface area contributed by atoms with Crippen LogP contribution in [-0.4, -0.2) is 18.4 Å². The third-order valence-corrected chi connectivity index (χ3v) is 5.51. The van der Waals surface area contributed by atoms with Crippen molar-refractivity contribution < 1.29 is 9.59 Å². The molecule has 2 aliphatic rings. The molecule has 4 nitrogen and oxygen atoms in total. The highest BCUT2D eigenvalue weighted by atomic mass is 35.5. The van der Waals surface area contributed by atoms with Crippen molar-refractivity contribution in [1.82, 2.24) is 0 Å². The van der Waals surface area contributed by atoms with E-state index >= 15 is 0 Å². The van der Waals surface area contributed by atoms with Gasteiger partial charge in [0.25, 0.3) is 0 Å². The van der Waals surface area contributed by atoms with Gasteiger partial charge in [0.15, 0.2) is 0 Å². The molecule has 1 heterocycles. The van der Waals surface area contributed by atoms with Crippen molar-refractivity contribution in [3.8, 4) is 0 Å². The van der Waals surface area contributed by atoms with Gasteiger partial charge in [0.2, 0.25) is 11.8 Å². The Kier molecular flexibility index (Phi) is 4.41. The molecule has 2 amide bonds. The Morgan fingerprint density at radius 2 is 1.73 bits per heavy atom. The average Bonchev–Trinajstić information content (AvgIpc) is 3.42. The Morgan fingerprint density at radius 1 is 1.04 bits per heavy atom. The number of amides is 2. The summed E-state index contributed by atoms with van der Waals surface area (Å²) in [6.07, 6.45) is 2.99. The number of fused-ring (bicyclic) bond motifs is 1. The second-order valence-electron chi connectivity index (χ2n) is 6.88. The summed E-state index contributed by atoms with van der Waals surface area (Å²) in [5, 5.41) is 3.69. The molecule has 4 rings (SSSR count). The molecular formula is C20H18Cl2N2O2. The molecule has 2 aromatic rings. The van der Waals surface area contributed by atoms with Gasteiger partial charge < -0.3 is 10.2 Å². The zero-order valence-electron chi connectivity index (χ0n) is 14.1. The summed E-state index contributed by atoms with van der Waals surface area (Å²) in [5.41, 5.74) is 1.60. The van der Waals surface area contributed by atoms with E-state index in [0.29, 0.717) is 35.1 Å². The highest BCUT2D eigenvalue weighted by Crippen LogP contribution is 2.49. The van der Waals surface area contributed by atoms with Gasteiger partial charge >= 0.3 is 0 Å². The van der Waals surface area contributed by atoms with E-state index in [1.54, 1.807) is 23.1 Å². The van der Waals surface area contributed by atoms with Crippen molar-refractivity contribution >= 4 is 46.4 Å². The Morgan fingerprint density at radius 3 is 2.42 bits per heavy atom. The Bertz CT molecular complexity index is 873. The fraction of sp³-hybridized carbons (Fsp3) is 0.300. The lowest BCUT2D eigenvalue weighted by molar-refractivity contribution is -0.132. The summed E-state index contributed by atoms with van der Waals surface area (Å²) >= 11 is 12.0. The summed E-state index contributed by atoms with van der Waals surface area (Å²) in [6, 6.07) is 12.8. The van der Waals surface area contributed by atoms with Gasteiger partial charge in [0.05, 0.1) is 0 Å². The molecule has 134 valence electrons. The first-order valence-electron chi connectivity index (χ1n) is 8.67. The average molecular weight is 389 g/mol. The van der Waals surface area contributed by atoms with Gasteiger partial charge in [-0.3, -0.25) is 9.59 Å². The van der Waals surface area contributed by atoms with Crippen LogP contribution in [0.4, 0.5) is 11.4 Å². The second-order valence-corrected chi connectivity index (χ2v) is 7.76. The van der Waals surface area contributed by atoms with E-state index in [4.69, 9.17) is 23.2 Å². The molecule has 0 aromatic heterocycles. The fourth-order valence-electron chi connectivity index (χ4n) is 3.54. The molecule has 0 spiro atoms. The number of nitrogens with one attached hydrogen (secondary N) is 1. The zero-order chi connectivity index (χ0) is 18.3. The SMILES string of the molecule is O=C(Nc1cc(Cl)cc(Cl)c1)C1(C(=O)N2CCCc3ccccc32)CC1. The maximum Gasteiger partial charge on any atom is 0.242 e. The van der Waals surface area contributed by atoms with E-state index in [1.165, 1.54) is 0 Å². The summed E-state index contributed by atoms with van der Waals surface area (Å²) < 4.78 is 0. The van der Waals surface area contributed by atoms with Crippen LogP contribution < -0.4 is 10.2 Å². The van der Waals surface area contributed by atoms with Crippen molar-refractivity contribution in [3.05, 3.63) is 58.1 Å². The van der Waals surface area contributed by atoms with Gasteiger partial charge in [-0.1, -0.05) is 41.4 Å². The van der Waals surface area contributed by atoms with Gasteiger partial charge in [0.1, 0.15) is 5.41 Å². The lowest BCUT2D eigenvalue weighted by atomic mass is 9.97. The fourth-order valence-corrected chi connectivity index (χ4v) is 4.07. The minimum Gasteiger partial charge on any atom is -0.325 e. The predicted molar refractivity (Wildman–Crippen MR) is 104 cm³/mol. The number of halogens is 2. The van der Waals surface area contributed by atoms with Crippen LogP contribution in [0.3, 0.4) is 0 Å². The molecule has 1 aliphatic heterocycles. The van der Waals surface area contributed by atoms with Crippen LogP contribution in [0, 0.1) is 5.41 Å². The maximum atomic E-state index is 13.2. The number of nitrogens with zero attached hydrogens (tertiary/aromatic N) is 1. The van der Waals surface area contributed by atoms with Crippen LogP contribution in [0.25, 0.3) is 0 Å². The van der Waals surface area contributed by atoms with Crippen molar-refractivity contribution in [3.63, 3.8) is 0 Å². The van der Waals surface area contributed by atoms with Crippen LogP contribution in [0.15, 0.2) is 42.5 Å². The minimum absolute atomic E-state index is 0.115. The normalized spacial score (nSPS) is 17.4. The zero-order valence-corrected chi connectivity index (χ0v) is 15.6. The molecule has 1 N–H and O–H groups in total. The van der Waals surface area contributed by atoms with Crippen LogP contribution >= 0.6 is 23.2 Å². The number of hydrogen-bond acceptors (Lipinski definition) is 2. The molecule has 6 heteroatoms. The molecule has 0 atom stereocenters. The molecule has 0 saturated heterocycles. The monoisotopic (exact) mass is 388 g/mol. The number of benzene rings is 2. The maximum absolute atomic E-state index is 13.2. The number of para-hydroxylation sites is 1. The summed E-state index contributed by atoms with van der Waals surface area (Å²) in [7, 11) is 0. The van der Waals surface area contributed by atoms with E-state index in [1.807, 2.05) is 24.3 Å². The van der Waals surface area contributed by atoms with E-state index in [-0.39, 0.29) is 11.8 Å². The number of anilines is 2. The highest BCUT2D eigenvalue weighted by molar-refractivity contribution is 6.35. The first-order chi connectivity index (χ1) is 12.5. The van der Waals surface area contributed by atoms with Crippen molar-refractivity contribution in [2.45, 2.75) is 25.7 Å². The molecule has 0 bridgehead atoms. The molecule has 0 radical (unpaired) electrons. The van der Waals surface area contributed by atoms with E-state index in [2.05, 4.69) is 5.32 Å². The van der Waals surface area contributed by atoms with Crippen LogP contribution in [0.1, 0.15) is 24.8 Å². The van der Waals surface area contributed by atoms with E-state index < -0.39 is 5.41 Å². The molecule has 0 unspecified atom stereocenters. The summed E-state index contributed by atoms with van der Waals surface area (Å²) in [5.74, 6) is -0.404. The molecule has 1 aliphatic carbocycles. The number of rotatable bonds is 3. The largest absolute Gasteiger partial charge is 0.325 e. The van der Waals surface area contributed by atoms with Crippen LogP contribution in [-0.2, 0) is 16.0 Å². The summed E-state index contributed by atoms with van der Waals surface area (Å²) in [6.45, 7) is 0.647. The summed E-state index contributed by atoms with van der Waals surface area (Å²) in [4.78, 5) is 27.9. The number of carbonyl (C=O) groups excluding carboxylic acids is 2. The minimum atomic E-state index is -0.987. The molecule has 1 fully saturated rings. The first-order valence-corrected chi connectivity index (χ1v) is 9.43. The van der Waals surface area contributed by atoms with Gasteiger partial charge in [-0.15, -0.1) is 0 Å². The predicted octanol–water partition coefficient (Wildman–Crippen LogP) is 4.69. The number of hydrogen-bond donors (Lipinski definition) is 1.